The van der Waals surface area contributed by atoms with E-state index in [-0.39, 0.29) is 5.97 Å². The van der Waals surface area contributed by atoms with Crippen LogP contribution >= 0.6 is 0 Å². The Morgan fingerprint density at radius 3 is 1.98 bits per heavy atom. The fourth-order valence-electron chi connectivity index (χ4n) is 5.00. The fourth-order valence-corrected chi connectivity index (χ4v) is 5.00. The molecule has 0 amide bonds. The summed E-state index contributed by atoms with van der Waals surface area (Å²) in [5, 5.41) is 0. The quantitative estimate of drug-likeness (QED) is 0.138. The highest BCUT2D eigenvalue weighted by atomic mass is 16.5. The minimum Gasteiger partial charge on any atom is -0.493 e. The van der Waals surface area contributed by atoms with Gasteiger partial charge < -0.3 is 38.1 Å². The van der Waals surface area contributed by atoms with Crippen LogP contribution < -0.4 is 23.7 Å². The smallest absolute Gasteiger partial charge is 0.330 e. The summed E-state index contributed by atoms with van der Waals surface area (Å²) >= 11 is 0. The van der Waals surface area contributed by atoms with E-state index in [2.05, 4.69) is 9.80 Å². The number of fused-ring (bicyclic) bond motifs is 1. The fraction of sp³-hybridized carbons (Fsp3) is 0.515. The number of carbonyl (C=O) groups excluding carboxylic acids is 2. The van der Waals surface area contributed by atoms with Gasteiger partial charge >= 0.3 is 11.9 Å². The lowest BCUT2D eigenvalue weighted by Gasteiger charge is -2.29. The first-order chi connectivity index (χ1) is 21.3. The lowest BCUT2D eigenvalue weighted by atomic mass is 9.98. The molecule has 242 valence electrons. The van der Waals surface area contributed by atoms with Crippen LogP contribution in [0.15, 0.2) is 30.3 Å². The molecule has 0 saturated heterocycles. The average Bonchev–Trinajstić information content (AvgIpc) is 3.05. The lowest BCUT2D eigenvalue weighted by Crippen LogP contribution is -2.32. The van der Waals surface area contributed by atoms with Crippen molar-refractivity contribution in [1.82, 2.24) is 9.80 Å². The van der Waals surface area contributed by atoms with Crippen LogP contribution in [-0.4, -0.2) is 104 Å². The Labute approximate surface area is 260 Å². The Hall–Kier alpha value is -3.96. The number of carbonyl (C=O) groups is 2. The maximum atomic E-state index is 12.3. The van der Waals surface area contributed by atoms with Crippen molar-refractivity contribution in [3.05, 3.63) is 47.0 Å². The van der Waals surface area contributed by atoms with Gasteiger partial charge in [0.05, 0.1) is 55.2 Å². The molecule has 0 bridgehead atoms. The standard InChI is InChI=1S/C33H46N2O9/c1-34(13-7-17-43-31(36)10-9-24-19-29(40-4)33(42-6)30(20-24)41-5)14-8-18-44-32(37)12-16-35-15-11-25-21-27(38-2)28(39-3)22-26(25)23-35/h9-10,19-22H,7-8,11-18,23H2,1-6H3/b10-9+. The molecule has 0 fully saturated rings. The zero-order chi connectivity index (χ0) is 31.9. The average molecular weight is 615 g/mol. The van der Waals surface area contributed by atoms with Crippen molar-refractivity contribution in [2.75, 3.05) is 82.0 Å². The number of benzene rings is 2. The predicted molar refractivity (Wildman–Crippen MR) is 167 cm³/mol. The topological polar surface area (TPSA) is 105 Å². The van der Waals surface area contributed by atoms with Crippen molar-refractivity contribution in [3.8, 4) is 28.7 Å². The van der Waals surface area contributed by atoms with Gasteiger partial charge in [-0.2, -0.15) is 0 Å². The third kappa shape index (κ3) is 10.3. The Balaban J connectivity index is 1.26. The van der Waals surface area contributed by atoms with E-state index in [0.29, 0.717) is 49.8 Å². The monoisotopic (exact) mass is 614 g/mol. The first kappa shape index (κ1) is 34.5. The second-order valence-corrected chi connectivity index (χ2v) is 10.4. The molecule has 0 saturated carbocycles. The molecule has 44 heavy (non-hydrogen) atoms. The number of esters is 2. The van der Waals surface area contributed by atoms with Crippen LogP contribution in [0, 0.1) is 0 Å². The van der Waals surface area contributed by atoms with Gasteiger partial charge in [0.15, 0.2) is 23.0 Å². The van der Waals surface area contributed by atoms with Crippen molar-refractivity contribution < 1.29 is 42.7 Å². The molecule has 0 N–H and O–H groups in total. The van der Waals surface area contributed by atoms with Gasteiger partial charge in [-0.15, -0.1) is 0 Å². The Morgan fingerprint density at radius 1 is 0.795 bits per heavy atom. The minimum atomic E-state index is -0.429. The van der Waals surface area contributed by atoms with Gasteiger partial charge in [-0.25, -0.2) is 4.79 Å². The number of hydrogen-bond acceptors (Lipinski definition) is 11. The zero-order valence-corrected chi connectivity index (χ0v) is 26.8. The van der Waals surface area contributed by atoms with Crippen LogP contribution in [0.3, 0.4) is 0 Å². The van der Waals surface area contributed by atoms with E-state index in [9.17, 15) is 9.59 Å². The van der Waals surface area contributed by atoms with Crippen LogP contribution in [0.1, 0.15) is 36.0 Å². The van der Waals surface area contributed by atoms with Crippen molar-refractivity contribution in [2.24, 2.45) is 0 Å². The molecule has 3 rings (SSSR count). The molecule has 2 aromatic rings. The van der Waals surface area contributed by atoms with E-state index in [0.717, 1.165) is 56.1 Å². The van der Waals surface area contributed by atoms with Crippen molar-refractivity contribution in [1.29, 1.82) is 0 Å². The van der Waals surface area contributed by atoms with E-state index in [4.69, 9.17) is 33.2 Å². The summed E-state index contributed by atoms with van der Waals surface area (Å²) in [7, 11) is 9.88. The first-order valence-electron chi connectivity index (χ1n) is 14.8. The van der Waals surface area contributed by atoms with Gasteiger partial charge in [-0.3, -0.25) is 9.69 Å². The molecule has 1 aliphatic heterocycles. The number of methoxy groups -OCH3 is 5. The van der Waals surface area contributed by atoms with Crippen LogP contribution in [0.4, 0.5) is 0 Å². The molecule has 1 aliphatic rings. The van der Waals surface area contributed by atoms with Gasteiger partial charge in [-0.1, -0.05) is 0 Å². The summed E-state index contributed by atoms with van der Waals surface area (Å²) in [6.07, 6.45) is 5.70. The molecule has 0 radical (unpaired) electrons. The molecular weight excluding hydrogens is 568 g/mol. The van der Waals surface area contributed by atoms with Crippen LogP contribution in [0.2, 0.25) is 0 Å². The molecule has 0 aromatic heterocycles. The van der Waals surface area contributed by atoms with Crippen molar-refractivity contribution >= 4 is 18.0 Å². The SMILES string of the molecule is COc1cc2c(cc1OC)CN(CCC(=O)OCCCN(C)CCCOC(=O)/C=C/c1cc(OC)c(OC)c(OC)c1)CC2. The largest absolute Gasteiger partial charge is 0.493 e. The van der Waals surface area contributed by atoms with E-state index in [1.54, 1.807) is 32.4 Å². The molecule has 11 nitrogen and oxygen atoms in total. The highest BCUT2D eigenvalue weighted by Gasteiger charge is 2.20. The number of ether oxygens (including phenoxy) is 7. The number of nitrogens with zero attached hydrogens (tertiary/aromatic N) is 2. The number of hydrogen-bond donors (Lipinski definition) is 0. The summed E-state index contributed by atoms with van der Waals surface area (Å²) < 4.78 is 37.6. The Bertz CT molecular complexity index is 1240. The summed E-state index contributed by atoms with van der Waals surface area (Å²) in [6, 6.07) is 7.57. The molecule has 11 heteroatoms. The van der Waals surface area contributed by atoms with Gasteiger partial charge in [0.1, 0.15) is 0 Å². The third-order valence-electron chi connectivity index (χ3n) is 7.40. The maximum Gasteiger partial charge on any atom is 0.330 e. The van der Waals surface area contributed by atoms with E-state index < -0.39 is 5.97 Å². The van der Waals surface area contributed by atoms with Gasteiger partial charge in [0, 0.05) is 38.8 Å². The molecule has 0 aliphatic carbocycles. The molecule has 2 aromatic carbocycles. The maximum absolute atomic E-state index is 12.3. The normalized spacial score (nSPS) is 13.0. The molecule has 0 spiro atoms. The molecule has 0 atom stereocenters. The highest BCUT2D eigenvalue weighted by Crippen LogP contribution is 2.38. The van der Waals surface area contributed by atoms with Gasteiger partial charge in [-0.05, 0) is 73.3 Å². The lowest BCUT2D eigenvalue weighted by molar-refractivity contribution is -0.144. The van der Waals surface area contributed by atoms with Crippen LogP contribution in [0.5, 0.6) is 28.7 Å². The Kier molecular flexibility index (Phi) is 14.1. The van der Waals surface area contributed by atoms with Crippen molar-refractivity contribution in [2.45, 2.75) is 32.2 Å². The molecular formula is C33H46N2O9. The second kappa shape index (κ2) is 18.0. The first-order valence-corrected chi connectivity index (χ1v) is 14.8. The summed E-state index contributed by atoms with van der Waals surface area (Å²) in [5.41, 5.74) is 3.18. The molecule has 0 unspecified atom stereocenters. The third-order valence-corrected chi connectivity index (χ3v) is 7.40. The van der Waals surface area contributed by atoms with Gasteiger partial charge in [0.2, 0.25) is 5.75 Å². The zero-order valence-electron chi connectivity index (χ0n) is 26.8. The summed E-state index contributed by atoms with van der Waals surface area (Å²) in [4.78, 5) is 28.8. The van der Waals surface area contributed by atoms with Crippen LogP contribution in [-0.2, 0) is 32.0 Å². The minimum absolute atomic E-state index is 0.183. The highest BCUT2D eigenvalue weighted by molar-refractivity contribution is 5.87. The van der Waals surface area contributed by atoms with E-state index >= 15 is 0 Å². The van der Waals surface area contributed by atoms with E-state index in [1.807, 2.05) is 19.2 Å². The summed E-state index contributed by atoms with van der Waals surface area (Å²) in [5.74, 6) is 2.35. The van der Waals surface area contributed by atoms with Gasteiger partial charge in [0.25, 0.3) is 0 Å². The molecule has 1 heterocycles. The summed E-state index contributed by atoms with van der Waals surface area (Å²) in [6.45, 7) is 4.53. The van der Waals surface area contributed by atoms with Crippen LogP contribution in [0.25, 0.3) is 6.08 Å². The Morgan fingerprint density at radius 2 is 1.39 bits per heavy atom. The van der Waals surface area contributed by atoms with Crippen molar-refractivity contribution in [3.63, 3.8) is 0 Å². The predicted octanol–water partition coefficient (Wildman–Crippen LogP) is 3.99. The van der Waals surface area contributed by atoms with E-state index in [1.165, 1.54) is 38.5 Å². The second-order valence-electron chi connectivity index (χ2n) is 10.4. The number of rotatable bonds is 18.